The second-order valence-corrected chi connectivity index (χ2v) is 4.67. The number of aliphatic hydroxyl groups excluding tert-OH is 1. The van der Waals surface area contributed by atoms with Gasteiger partial charge in [0.15, 0.2) is 0 Å². The first-order valence-electron chi connectivity index (χ1n) is 4.79. The minimum absolute atomic E-state index is 0.0898. The van der Waals surface area contributed by atoms with Crippen molar-refractivity contribution in [1.29, 1.82) is 0 Å². The molecule has 1 heterocycles. The van der Waals surface area contributed by atoms with E-state index < -0.39 is 17.3 Å². The summed E-state index contributed by atoms with van der Waals surface area (Å²) >= 11 is 0.444. The quantitative estimate of drug-likeness (QED) is 0.858. The number of aliphatic hydroxyl groups is 1. The molecule has 0 aromatic carbocycles. The molecule has 1 unspecified atom stereocenters. The first-order chi connectivity index (χ1) is 7.47. The van der Waals surface area contributed by atoms with E-state index in [1.54, 1.807) is 0 Å². The Morgan fingerprint density at radius 3 is 2.62 bits per heavy atom. The summed E-state index contributed by atoms with van der Waals surface area (Å²) in [7, 11) is 0. The second kappa shape index (κ2) is 4.17. The van der Waals surface area contributed by atoms with Gasteiger partial charge in [-0.3, -0.25) is 0 Å². The Bertz CT molecular complexity index is 364. The molecule has 0 bridgehead atoms. The van der Waals surface area contributed by atoms with Gasteiger partial charge in [0.2, 0.25) is 10.1 Å². The van der Waals surface area contributed by atoms with Crippen molar-refractivity contribution in [2.24, 2.45) is 5.92 Å². The summed E-state index contributed by atoms with van der Waals surface area (Å²) in [6.07, 6.45) is -3.01. The molecule has 2 rings (SSSR count). The average molecular weight is 253 g/mol. The van der Waals surface area contributed by atoms with Crippen LogP contribution >= 0.6 is 11.3 Å². The molecule has 4 nitrogen and oxygen atoms in total. The van der Waals surface area contributed by atoms with Crippen LogP contribution in [0.4, 0.5) is 18.3 Å². The minimum Gasteiger partial charge on any atom is -0.391 e. The molecular formula is C8H10F3N3OS. The molecule has 90 valence electrons. The fourth-order valence-corrected chi connectivity index (χ4v) is 1.87. The van der Waals surface area contributed by atoms with Crippen LogP contribution in [0.2, 0.25) is 0 Å². The Hall–Kier alpha value is -0.890. The van der Waals surface area contributed by atoms with E-state index in [2.05, 4.69) is 15.5 Å². The Kier molecular flexibility index (Phi) is 3.02. The van der Waals surface area contributed by atoms with E-state index in [9.17, 15) is 18.3 Å². The number of alkyl halides is 3. The maximum Gasteiger partial charge on any atom is 0.445 e. The molecule has 0 saturated heterocycles. The number of hydrogen-bond donors (Lipinski definition) is 2. The van der Waals surface area contributed by atoms with Crippen molar-refractivity contribution in [3.63, 3.8) is 0 Å². The van der Waals surface area contributed by atoms with Crippen LogP contribution in [-0.4, -0.2) is 28.0 Å². The van der Waals surface area contributed by atoms with E-state index >= 15 is 0 Å². The lowest BCUT2D eigenvalue weighted by Crippen LogP contribution is -2.21. The molecule has 1 aromatic rings. The molecular weight excluding hydrogens is 243 g/mol. The number of hydrogen-bond acceptors (Lipinski definition) is 5. The predicted octanol–water partition coefficient (Wildman–Crippen LogP) is 1.74. The molecule has 0 radical (unpaired) electrons. The van der Waals surface area contributed by atoms with Gasteiger partial charge in [0.1, 0.15) is 0 Å². The fourth-order valence-electron chi connectivity index (χ4n) is 1.25. The first-order valence-corrected chi connectivity index (χ1v) is 5.61. The highest BCUT2D eigenvalue weighted by Gasteiger charge is 2.36. The van der Waals surface area contributed by atoms with E-state index in [-0.39, 0.29) is 17.6 Å². The molecule has 8 heteroatoms. The standard InChI is InChI=1S/C8H10F3N3OS/c9-8(10,11)6-13-14-7(16-6)12-3-5(15)4-1-2-4/h4-5,15H,1-3H2,(H,12,14). The van der Waals surface area contributed by atoms with Crippen molar-refractivity contribution in [2.45, 2.75) is 25.1 Å². The lowest BCUT2D eigenvalue weighted by molar-refractivity contribution is -0.138. The minimum atomic E-state index is -4.45. The Balaban J connectivity index is 1.87. The van der Waals surface area contributed by atoms with Crippen LogP contribution in [0.1, 0.15) is 17.8 Å². The topological polar surface area (TPSA) is 58.0 Å². The average Bonchev–Trinajstić information content (AvgIpc) is 2.92. The van der Waals surface area contributed by atoms with E-state index in [4.69, 9.17) is 0 Å². The number of anilines is 1. The molecule has 1 aliphatic carbocycles. The van der Waals surface area contributed by atoms with Crippen molar-refractivity contribution >= 4 is 16.5 Å². The lowest BCUT2D eigenvalue weighted by atomic mass is 10.2. The molecule has 1 atom stereocenters. The van der Waals surface area contributed by atoms with Crippen LogP contribution in [0.25, 0.3) is 0 Å². The maximum atomic E-state index is 12.2. The number of nitrogens with zero attached hydrogens (tertiary/aromatic N) is 2. The second-order valence-electron chi connectivity index (χ2n) is 3.70. The first kappa shape index (κ1) is 11.6. The zero-order chi connectivity index (χ0) is 11.8. The summed E-state index contributed by atoms with van der Waals surface area (Å²) in [4.78, 5) is 0. The van der Waals surface area contributed by atoms with Crippen LogP contribution < -0.4 is 5.32 Å². The van der Waals surface area contributed by atoms with Gasteiger partial charge in [0, 0.05) is 6.54 Å². The molecule has 0 aliphatic heterocycles. The van der Waals surface area contributed by atoms with E-state index in [0.29, 0.717) is 11.3 Å². The van der Waals surface area contributed by atoms with Crippen molar-refractivity contribution in [3.8, 4) is 0 Å². The largest absolute Gasteiger partial charge is 0.445 e. The summed E-state index contributed by atoms with van der Waals surface area (Å²) in [6.45, 7) is 0.219. The van der Waals surface area contributed by atoms with Crippen molar-refractivity contribution in [2.75, 3.05) is 11.9 Å². The fraction of sp³-hybridized carbons (Fsp3) is 0.750. The molecule has 1 saturated carbocycles. The monoisotopic (exact) mass is 253 g/mol. The Morgan fingerprint density at radius 1 is 1.44 bits per heavy atom. The van der Waals surface area contributed by atoms with Crippen molar-refractivity contribution < 1.29 is 18.3 Å². The lowest BCUT2D eigenvalue weighted by Gasteiger charge is -2.08. The van der Waals surface area contributed by atoms with Crippen LogP contribution in [0, 0.1) is 5.92 Å². The molecule has 2 N–H and O–H groups in total. The van der Waals surface area contributed by atoms with Gasteiger partial charge in [-0.05, 0) is 18.8 Å². The molecule has 0 spiro atoms. The van der Waals surface area contributed by atoms with Gasteiger partial charge in [0.05, 0.1) is 6.10 Å². The highest BCUT2D eigenvalue weighted by Crippen LogP contribution is 2.34. The highest BCUT2D eigenvalue weighted by atomic mass is 32.1. The molecule has 1 fully saturated rings. The van der Waals surface area contributed by atoms with Gasteiger partial charge < -0.3 is 10.4 Å². The van der Waals surface area contributed by atoms with Gasteiger partial charge in [-0.2, -0.15) is 13.2 Å². The summed E-state index contributed by atoms with van der Waals surface area (Å²) in [5.74, 6) is 0.280. The Labute approximate surface area is 93.5 Å². The SMILES string of the molecule is OC(CNc1nnc(C(F)(F)F)s1)C1CC1. The number of nitrogens with one attached hydrogen (secondary N) is 1. The smallest absolute Gasteiger partial charge is 0.391 e. The zero-order valence-electron chi connectivity index (χ0n) is 8.16. The third kappa shape index (κ3) is 2.82. The Morgan fingerprint density at radius 2 is 2.12 bits per heavy atom. The van der Waals surface area contributed by atoms with Gasteiger partial charge in [-0.15, -0.1) is 10.2 Å². The number of aromatic nitrogens is 2. The summed E-state index contributed by atoms with van der Waals surface area (Å²) < 4.78 is 36.5. The summed E-state index contributed by atoms with van der Waals surface area (Å²) in [5, 5.41) is 17.6. The number of halogens is 3. The highest BCUT2D eigenvalue weighted by molar-refractivity contribution is 7.15. The van der Waals surface area contributed by atoms with E-state index in [1.165, 1.54) is 0 Å². The maximum absolute atomic E-state index is 12.2. The molecule has 16 heavy (non-hydrogen) atoms. The van der Waals surface area contributed by atoms with Crippen LogP contribution in [-0.2, 0) is 6.18 Å². The van der Waals surface area contributed by atoms with Gasteiger partial charge >= 0.3 is 6.18 Å². The summed E-state index contributed by atoms with van der Waals surface area (Å²) in [5.41, 5.74) is 0. The third-order valence-corrected chi connectivity index (χ3v) is 3.22. The molecule has 1 aromatic heterocycles. The molecule has 0 amide bonds. The van der Waals surface area contributed by atoms with Gasteiger partial charge in [-0.1, -0.05) is 11.3 Å². The van der Waals surface area contributed by atoms with Gasteiger partial charge in [-0.25, -0.2) is 0 Å². The normalized spacial score (nSPS) is 18.5. The van der Waals surface area contributed by atoms with E-state index in [1.807, 2.05) is 0 Å². The van der Waals surface area contributed by atoms with E-state index in [0.717, 1.165) is 12.8 Å². The predicted molar refractivity (Wildman–Crippen MR) is 52.1 cm³/mol. The van der Waals surface area contributed by atoms with Crippen LogP contribution in [0.15, 0.2) is 0 Å². The summed E-state index contributed by atoms with van der Waals surface area (Å²) in [6, 6.07) is 0. The third-order valence-electron chi connectivity index (χ3n) is 2.30. The van der Waals surface area contributed by atoms with Crippen molar-refractivity contribution in [3.05, 3.63) is 5.01 Å². The van der Waals surface area contributed by atoms with Crippen molar-refractivity contribution in [1.82, 2.24) is 10.2 Å². The number of rotatable bonds is 4. The van der Waals surface area contributed by atoms with Crippen LogP contribution in [0.5, 0.6) is 0 Å². The zero-order valence-corrected chi connectivity index (χ0v) is 8.98. The van der Waals surface area contributed by atoms with Crippen LogP contribution in [0.3, 0.4) is 0 Å². The van der Waals surface area contributed by atoms with Gasteiger partial charge in [0.25, 0.3) is 0 Å². The molecule has 1 aliphatic rings.